The van der Waals surface area contributed by atoms with Crippen molar-refractivity contribution in [1.29, 1.82) is 0 Å². The lowest BCUT2D eigenvalue weighted by atomic mass is 10.1. The molecule has 1 aromatic heterocycles. The van der Waals surface area contributed by atoms with Crippen LogP contribution in [0.5, 0.6) is 5.75 Å². The molecule has 32 heavy (non-hydrogen) atoms. The van der Waals surface area contributed by atoms with E-state index in [-0.39, 0.29) is 5.91 Å². The molecule has 0 radical (unpaired) electrons. The molecule has 2 aromatic carbocycles. The summed E-state index contributed by atoms with van der Waals surface area (Å²) in [5, 5.41) is 3.94. The van der Waals surface area contributed by atoms with E-state index in [1.54, 1.807) is 17.0 Å². The van der Waals surface area contributed by atoms with Gasteiger partial charge in [0, 0.05) is 37.9 Å². The van der Waals surface area contributed by atoms with Crippen LogP contribution in [-0.4, -0.2) is 49.3 Å². The number of benzene rings is 2. The maximum atomic E-state index is 13.0. The van der Waals surface area contributed by atoms with Crippen molar-refractivity contribution < 1.29 is 18.8 Å². The third kappa shape index (κ3) is 4.94. The summed E-state index contributed by atoms with van der Waals surface area (Å²) in [7, 11) is 1.83. The fourth-order valence-electron chi connectivity index (χ4n) is 3.86. The molecular weight excluding hydrogens is 406 g/mol. The normalized spacial score (nSPS) is 13.8. The van der Waals surface area contributed by atoms with E-state index in [2.05, 4.69) is 22.2 Å². The number of nitrogens with zero attached hydrogens (tertiary/aromatic N) is 3. The predicted molar refractivity (Wildman–Crippen MR) is 122 cm³/mol. The molecule has 7 heteroatoms. The first-order valence-electron chi connectivity index (χ1n) is 10.8. The monoisotopic (exact) mass is 435 g/mol. The first kappa shape index (κ1) is 21.9. The third-order valence-corrected chi connectivity index (χ3v) is 5.76. The van der Waals surface area contributed by atoms with Gasteiger partial charge in [-0.1, -0.05) is 23.4 Å². The van der Waals surface area contributed by atoms with Crippen molar-refractivity contribution in [3.05, 3.63) is 76.7 Å². The van der Waals surface area contributed by atoms with Crippen LogP contribution in [0.3, 0.4) is 0 Å². The number of ether oxygens (including phenoxy) is 2. The summed E-state index contributed by atoms with van der Waals surface area (Å²) in [5.74, 6) is 1.43. The van der Waals surface area contributed by atoms with Gasteiger partial charge in [-0.2, -0.15) is 0 Å². The highest BCUT2D eigenvalue weighted by Crippen LogP contribution is 2.24. The van der Waals surface area contributed by atoms with E-state index < -0.39 is 0 Å². The van der Waals surface area contributed by atoms with Crippen LogP contribution in [0.25, 0.3) is 0 Å². The zero-order valence-corrected chi connectivity index (χ0v) is 18.8. The van der Waals surface area contributed by atoms with E-state index in [1.165, 1.54) is 5.69 Å². The minimum atomic E-state index is -0.0287. The summed E-state index contributed by atoms with van der Waals surface area (Å²) >= 11 is 0. The fraction of sp³-hybridized carbons (Fsp3) is 0.360. The van der Waals surface area contributed by atoms with E-state index in [0.29, 0.717) is 24.5 Å². The van der Waals surface area contributed by atoms with Crippen molar-refractivity contribution >= 4 is 11.6 Å². The van der Waals surface area contributed by atoms with E-state index >= 15 is 0 Å². The number of hydrogen-bond donors (Lipinski definition) is 0. The standard InChI is InChI=1S/C25H29N3O4/c1-18-23(19(2)32-26-18)17-31-22-10-8-20(9-11-22)25(29)27(3)16-21-6-4-5-7-24(21)28-12-14-30-15-13-28/h4-11H,12-17H2,1-3H3. The number of anilines is 1. The molecule has 0 unspecified atom stereocenters. The average Bonchev–Trinajstić information content (AvgIpc) is 3.15. The Kier molecular flexibility index (Phi) is 6.75. The zero-order chi connectivity index (χ0) is 22.5. The maximum Gasteiger partial charge on any atom is 0.253 e. The molecule has 1 aliphatic rings. The third-order valence-electron chi connectivity index (χ3n) is 5.76. The fourth-order valence-corrected chi connectivity index (χ4v) is 3.86. The predicted octanol–water partition coefficient (Wildman–Crippen LogP) is 3.98. The van der Waals surface area contributed by atoms with Crippen LogP contribution in [0.15, 0.2) is 53.1 Å². The minimum absolute atomic E-state index is 0.0287. The summed E-state index contributed by atoms with van der Waals surface area (Å²) in [6.45, 7) is 7.87. The molecule has 0 atom stereocenters. The van der Waals surface area contributed by atoms with Crippen molar-refractivity contribution in [2.75, 3.05) is 38.3 Å². The van der Waals surface area contributed by atoms with E-state index in [0.717, 1.165) is 48.9 Å². The molecule has 1 amide bonds. The lowest BCUT2D eigenvalue weighted by molar-refractivity contribution is 0.0785. The molecule has 0 N–H and O–H groups in total. The number of morpholine rings is 1. The summed E-state index contributed by atoms with van der Waals surface area (Å²) in [6.07, 6.45) is 0. The summed E-state index contributed by atoms with van der Waals surface area (Å²) < 4.78 is 16.5. The Morgan fingerprint density at radius 2 is 1.81 bits per heavy atom. The first-order valence-corrected chi connectivity index (χ1v) is 10.8. The number of amides is 1. The van der Waals surface area contributed by atoms with Crippen molar-refractivity contribution in [3.63, 3.8) is 0 Å². The molecule has 1 saturated heterocycles. The Hall–Kier alpha value is -3.32. The minimum Gasteiger partial charge on any atom is -0.489 e. The molecule has 0 aliphatic carbocycles. The van der Waals surface area contributed by atoms with Gasteiger partial charge in [0.15, 0.2) is 0 Å². The molecule has 4 rings (SSSR count). The van der Waals surface area contributed by atoms with Crippen LogP contribution in [0.4, 0.5) is 5.69 Å². The smallest absolute Gasteiger partial charge is 0.253 e. The Morgan fingerprint density at radius 3 is 2.50 bits per heavy atom. The van der Waals surface area contributed by atoms with E-state index in [4.69, 9.17) is 14.0 Å². The van der Waals surface area contributed by atoms with Crippen LogP contribution in [0.1, 0.15) is 32.9 Å². The van der Waals surface area contributed by atoms with Gasteiger partial charge in [-0.3, -0.25) is 4.79 Å². The highest BCUT2D eigenvalue weighted by atomic mass is 16.5. The Morgan fingerprint density at radius 1 is 1.09 bits per heavy atom. The average molecular weight is 436 g/mol. The van der Waals surface area contributed by atoms with Gasteiger partial charge in [0.25, 0.3) is 5.91 Å². The van der Waals surface area contributed by atoms with Crippen molar-refractivity contribution in [2.24, 2.45) is 0 Å². The van der Waals surface area contributed by atoms with Crippen LogP contribution in [-0.2, 0) is 17.9 Å². The Balaban J connectivity index is 1.39. The summed E-state index contributed by atoms with van der Waals surface area (Å²) in [6, 6.07) is 15.5. The van der Waals surface area contributed by atoms with E-state index in [1.807, 2.05) is 45.2 Å². The molecule has 168 valence electrons. The quantitative estimate of drug-likeness (QED) is 0.559. The number of carbonyl (C=O) groups is 1. The Bertz CT molecular complexity index is 1040. The second-order valence-corrected chi connectivity index (χ2v) is 8.01. The van der Waals surface area contributed by atoms with E-state index in [9.17, 15) is 4.79 Å². The lowest BCUT2D eigenvalue weighted by Crippen LogP contribution is -2.37. The molecule has 0 bridgehead atoms. The summed E-state index contributed by atoms with van der Waals surface area (Å²) in [5.41, 5.74) is 4.70. The molecule has 1 aliphatic heterocycles. The topological polar surface area (TPSA) is 68.0 Å². The van der Waals surface area contributed by atoms with Gasteiger partial charge in [0.05, 0.1) is 24.5 Å². The van der Waals surface area contributed by atoms with Gasteiger partial charge in [-0.25, -0.2) is 0 Å². The van der Waals surface area contributed by atoms with Gasteiger partial charge < -0.3 is 23.8 Å². The molecular formula is C25H29N3O4. The maximum absolute atomic E-state index is 13.0. The number of aromatic nitrogens is 1. The SMILES string of the molecule is Cc1noc(C)c1COc1ccc(C(=O)N(C)Cc2ccccc2N2CCOCC2)cc1. The second-order valence-electron chi connectivity index (χ2n) is 8.01. The van der Waals surface area contributed by atoms with Gasteiger partial charge in [0.1, 0.15) is 18.1 Å². The van der Waals surface area contributed by atoms with Gasteiger partial charge in [-0.05, 0) is 49.7 Å². The van der Waals surface area contributed by atoms with Gasteiger partial charge >= 0.3 is 0 Å². The second kappa shape index (κ2) is 9.87. The molecule has 0 spiro atoms. The number of rotatable bonds is 7. The Labute approximate surface area is 188 Å². The highest BCUT2D eigenvalue weighted by Gasteiger charge is 2.18. The van der Waals surface area contributed by atoms with Crippen LogP contribution < -0.4 is 9.64 Å². The van der Waals surface area contributed by atoms with Crippen LogP contribution >= 0.6 is 0 Å². The van der Waals surface area contributed by atoms with Crippen molar-refractivity contribution in [1.82, 2.24) is 10.1 Å². The van der Waals surface area contributed by atoms with Crippen LogP contribution in [0.2, 0.25) is 0 Å². The zero-order valence-electron chi connectivity index (χ0n) is 18.8. The number of aryl methyl sites for hydroxylation is 2. The number of carbonyl (C=O) groups excluding carboxylic acids is 1. The first-order chi connectivity index (χ1) is 15.5. The largest absolute Gasteiger partial charge is 0.489 e. The molecule has 0 saturated carbocycles. The van der Waals surface area contributed by atoms with Crippen molar-refractivity contribution in [2.45, 2.75) is 27.0 Å². The highest BCUT2D eigenvalue weighted by molar-refractivity contribution is 5.94. The van der Waals surface area contributed by atoms with Crippen LogP contribution in [0, 0.1) is 13.8 Å². The van der Waals surface area contributed by atoms with Gasteiger partial charge in [0.2, 0.25) is 0 Å². The summed E-state index contributed by atoms with van der Waals surface area (Å²) in [4.78, 5) is 17.1. The molecule has 7 nitrogen and oxygen atoms in total. The molecule has 2 heterocycles. The number of para-hydroxylation sites is 1. The molecule has 3 aromatic rings. The lowest BCUT2D eigenvalue weighted by Gasteiger charge is -2.31. The molecule has 1 fully saturated rings. The number of hydrogen-bond acceptors (Lipinski definition) is 6. The van der Waals surface area contributed by atoms with Gasteiger partial charge in [-0.15, -0.1) is 0 Å². The van der Waals surface area contributed by atoms with Crippen molar-refractivity contribution in [3.8, 4) is 5.75 Å².